The van der Waals surface area contributed by atoms with Gasteiger partial charge in [0.2, 0.25) is 0 Å². The number of nitro benzene ring substituents is 1. The van der Waals surface area contributed by atoms with Crippen molar-refractivity contribution in [3.8, 4) is 11.5 Å². The molecular weight excluding hydrogens is 416 g/mol. The Labute approximate surface area is 184 Å². The Morgan fingerprint density at radius 1 is 1.03 bits per heavy atom. The van der Waals surface area contributed by atoms with E-state index in [1.807, 2.05) is 48.5 Å². The molecule has 2 atom stereocenters. The predicted molar refractivity (Wildman–Crippen MR) is 118 cm³/mol. The van der Waals surface area contributed by atoms with Gasteiger partial charge in [0, 0.05) is 17.7 Å². The minimum atomic E-state index is -0.462. The molecule has 0 aromatic heterocycles. The minimum absolute atomic E-state index is 0.0617. The van der Waals surface area contributed by atoms with Crippen LogP contribution < -0.4 is 9.47 Å². The maximum Gasteiger partial charge on any atom is 0.284 e. The Bertz CT molecular complexity index is 1060. The number of hydrogen-bond acceptors (Lipinski definition) is 7. The number of benzene rings is 3. The minimum Gasteiger partial charge on any atom is -0.497 e. The molecule has 3 aromatic rings. The van der Waals surface area contributed by atoms with Crippen LogP contribution in [0.4, 0.5) is 5.69 Å². The van der Waals surface area contributed by atoms with Crippen LogP contribution in [-0.4, -0.2) is 30.1 Å². The van der Waals surface area contributed by atoms with Crippen LogP contribution in [0.1, 0.15) is 23.4 Å². The molecule has 2 unspecified atom stereocenters. The van der Waals surface area contributed by atoms with Crippen LogP contribution in [0.2, 0.25) is 0 Å². The fraction of sp³-hybridized carbons (Fsp3) is 0.217. The number of para-hydroxylation sites is 1. The summed E-state index contributed by atoms with van der Waals surface area (Å²) in [5.41, 5.74) is 1.96. The van der Waals surface area contributed by atoms with Crippen molar-refractivity contribution in [3.63, 3.8) is 0 Å². The van der Waals surface area contributed by atoms with Gasteiger partial charge in [0.05, 0.1) is 31.8 Å². The summed E-state index contributed by atoms with van der Waals surface area (Å²) in [5.74, 6) is 1.31. The van der Waals surface area contributed by atoms with Gasteiger partial charge in [-0.05, 0) is 35.7 Å². The molecule has 3 aromatic carbocycles. The van der Waals surface area contributed by atoms with E-state index in [1.54, 1.807) is 32.4 Å². The van der Waals surface area contributed by atoms with Gasteiger partial charge >= 0.3 is 0 Å². The molecule has 8 heteroatoms. The smallest absolute Gasteiger partial charge is 0.284 e. The molecule has 31 heavy (non-hydrogen) atoms. The second kappa shape index (κ2) is 9.38. The van der Waals surface area contributed by atoms with Crippen LogP contribution in [-0.2, 0) is 4.74 Å². The summed E-state index contributed by atoms with van der Waals surface area (Å²) in [5, 5.41) is 11.6. The molecule has 160 valence electrons. The summed E-state index contributed by atoms with van der Waals surface area (Å²) in [6.07, 6.45) is -0.462. The van der Waals surface area contributed by atoms with Crippen LogP contribution in [0.15, 0.2) is 77.7 Å². The zero-order valence-corrected chi connectivity index (χ0v) is 18.0. The average molecular weight is 439 g/mol. The lowest BCUT2D eigenvalue weighted by atomic mass is 10.1. The van der Waals surface area contributed by atoms with Crippen LogP contribution in [0.3, 0.4) is 0 Å². The van der Waals surface area contributed by atoms with Crippen molar-refractivity contribution in [3.05, 3.63) is 94.0 Å². The van der Waals surface area contributed by atoms with Crippen LogP contribution >= 0.6 is 11.9 Å². The lowest BCUT2D eigenvalue weighted by molar-refractivity contribution is -0.387. The summed E-state index contributed by atoms with van der Waals surface area (Å²) in [6, 6.07) is 22.2. The van der Waals surface area contributed by atoms with Gasteiger partial charge in [0.15, 0.2) is 0 Å². The number of methoxy groups -OCH3 is 2. The molecule has 0 saturated carbocycles. The number of nitrogens with zero attached hydrogens (tertiary/aromatic N) is 2. The highest BCUT2D eigenvalue weighted by Gasteiger charge is 2.39. The van der Waals surface area contributed by atoms with Crippen molar-refractivity contribution >= 4 is 17.6 Å². The molecule has 4 rings (SSSR count). The van der Waals surface area contributed by atoms with E-state index in [0.717, 1.165) is 11.1 Å². The van der Waals surface area contributed by atoms with Crippen molar-refractivity contribution in [2.24, 2.45) is 0 Å². The molecule has 0 aliphatic carbocycles. The first-order valence-corrected chi connectivity index (χ1v) is 10.5. The van der Waals surface area contributed by atoms with Gasteiger partial charge in [-0.1, -0.05) is 42.5 Å². The van der Waals surface area contributed by atoms with E-state index in [0.29, 0.717) is 23.0 Å². The normalized spacial score (nSPS) is 18.6. The molecular formula is C23H22N2O5S. The maximum atomic E-state index is 11.6. The van der Waals surface area contributed by atoms with E-state index < -0.39 is 6.23 Å². The van der Waals surface area contributed by atoms with Gasteiger partial charge in [-0.2, -0.15) is 0 Å². The van der Waals surface area contributed by atoms with Gasteiger partial charge in [0.25, 0.3) is 5.69 Å². The Morgan fingerprint density at radius 2 is 1.77 bits per heavy atom. The van der Waals surface area contributed by atoms with Crippen molar-refractivity contribution < 1.29 is 19.1 Å². The monoisotopic (exact) mass is 438 g/mol. The van der Waals surface area contributed by atoms with E-state index in [1.165, 1.54) is 18.0 Å². The second-order valence-corrected chi connectivity index (χ2v) is 7.94. The molecule has 1 heterocycles. The molecule has 1 aliphatic heterocycles. The van der Waals surface area contributed by atoms with E-state index >= 15 is 0 Å². The van der Waals surface area contributed by atoms with Crippen LogP contribution in [0, 0.1) is 10.1 Å². The number of rotatable bonds is 7. The zero-order chi connectivity index (χ0) is 21.8. The van der Waals surface area contributed by atoms with Gasteiger partial charge < -0.3 is 14.2 Å². The largest absolute Gasteiger partial charge is 0.497 e. The van der Waals surface area contributed by atoms with E-state index in [4.69, 9.17) is 14.2 Å². The highest BCUT2D eigenvalue weighted by Crippen LogP contribution is 2.49. The van der Waals surface area contributed by atoms with Crippen LogP contribution in [0.25, 0.3) is 0 Å². The Morgan fingerprint density at radius 3 is 2.48 bits per heavy atom. The van der Waals surface area contributed by atoms with Crippen molar-refractivity contribution in [1.82, 2.24) is 4.31 Å². The average Bonchev–Trinajstić information content (AvgIpc) is 3.22. The fourth-order valence-electron chi connectivity index (χ4n) is 3.57. The number of ether oxygens (including phenoxy) is 3. The lowest BCUT2D eigenvalue weighted by Crippen LogP contribution is -2.21. The van der Waals surface area contributed by atoms with Gasteiger partial charge in [-0.15, -0.1) is 0 Å². The molecule has 0 radical (unpaired) electrons. The number of hydrogen-bond donors (Lipinski definition) is 0. The van der Waals surface area contributed by atoms with E-state index in [2.05, 4.69) is 4.31 Å². The molecule has 1 aliphatic rings. The molecule has 1 saturated heterocycles. The number of nitro groups is 1. The van der Waals surface area contributed by atoms with E-state index in [-0.39, 0.29) is 16.7 Å². The first-order valence-electron chi connectivity index (χ1n) is 9.70. The van der Waals surface area contributed by atoms with Gasteiger partial charge in [0.1, 0.15) is 22.6 Å². The van der Waals surface area contributed by atoms with Crippen molar-refractivity contribution in [2.45, 2.75) is 17.2 Å². The van der Waals surface area contributed by atoms with E-state index in [9.17, 15) is 10.1 Å². The summed E-state index contributed by atoms with van der Waals surface area (Å²) >= 11 is 1.32. The standard InChI is InChI=1S/C23H22N2O5S/c1-28-17-12-13-18(21(14-17)29-2)23-24(20(15-30-23)16-8-4-3-5-9-16)31-22-11-7-6-10-19(22)25(26)27/h3-14,20,23H,15H2,1-2H3. The first kappa shape index (κ1) is 21.2. The molecule has 0 bridgehead atoms. The van der Waals surface area contributed by atoms with Gasteiger partial charge in [-0.3, -0.25) is 10.1 Å². The molecule has 0 spiro atoms. The summed E-state index contributed by atoms with van der Waals surface area (Å²) in [7, 11) is 3.20. The molecule has 1 fully saturated rings. The molecule has 7 nitrogen and oxygen atoms in total. The second-order valence-electron chi connectivity index (χ2n) is 6.90. The SMILES string of the molecule is COc1ccc(C2OCC(c3ccccc3)N2Sc2ccccc2[N+](=O)[O-])c(OC)c1. The highest BCUT2D eigenvalue weighted by atomic mass is 32.2. The predicted octanol–water partition coefficient (Wildman–Crippen LogP) is 5.39. The zero-order valence-electron chi connectivity index (χ0n) is 17.1. The lowest BCUT2D eigenvalue weighted by Gasteiger charge is -2.28. The molecule has 0 amide bonds. The highest BCUT2D eigenvalue weighted by molar-refractivity contribution is 7.97. The van der Waals surface area contributed by atoms with Crippen molar-refractivity contribution in [2.75, 3.05) is 20.8 Å². The van der Waals surface area contributed by atoms with Gasteiger partial charge in [-0.25, -0.2) is 4.31 Å². The third-order valence-electron chi connectivity index (χ3n) is 5.11. The fourth-order valence-corrected chi connectivity index (χ4v) is 4.75. The Hall–Kier alpha value is -3.07. The third kappa shape index (κ3) is 4.36. The molecule has 0 N–H and O–H groups in total. The first-order chi connectivity index (χ1) is 15.1. The maximum absolute atomic E-state index is 11.6. The third-order valence-corrected chi connectivity index (χ3v) is 6.31. The Balaban J connectivity index is 1.76. The Kier molecular flexibility index (Phi) is 6.41. The summed E-state index contributed by atoms with van der Waals surface area (Å²) in [6.45, 7) is 0.442. The van der Waals surface area contributed by atoms with Crippen molar-refractivity contribution in [1.29, 1.82) is 0 Å². The topological polar surface area (TPSA) is 74.1 Å². The van der Waals surface area contributed by atoms with Crippen LogP contribution in [0.5, 0.6) is 11.5 Å². The summed E-state index contributed by atoms with van der Waals surface area (Å²) in [4.78, 5) is 11.8. The summed E-state index contributed by atoms with van der Waals surface area (Å²) < 4.78 is 19.2. The quantitative estimate of drug-likeness (QED) is 0.278.